The van der Waals surface area contributed by atoms with Crippen molar-refractivity contribution in [3.63, 3.8) is 0 Å². The van der Waals surface area contributed by atoms with E-state index in [0.717, 1.165) is 61.4 Å². The number of hydrogen-bond acceptors (Lipinski definition) is 6. The van der Waals surface area contributed by atoms with Crippen molar-refractivity contribution in [1.29, 1.82) is 0 Å². The second-order valence-electron chi connectivity index (χ2n) is 8.75. The predicted octanol–water partition coefficient (Wildman–Crippen LogP) is 4.58. The highest BCUT2D eigenvalue weighted by molar-refractivity contribution is 6.32. The molecule has 0 saturated carbocycles. The molecule has 0 spiro atoms. The van der Waals surface area contributed by atoms with Crippen LogP contribution in [0.25, 0.3) is 11.4 Å². The summed E-state index contributed by atoms with van der Waals surface area (Å²) in [5.74, 6) is 1.23. The third-order valence-electron chi connectivity index (χ3n) is 6.31. The van der Waals surface area contributed by atoms with Gasteiger partial charge in [0.05, 0.1) is 13.1 Å². The van der Waals surface area contributed by atoms with Crippen LogP contribution in [0.2, 0.25) is 5.02 Å². The summed E-state index contributed by atoms with van der Waals surface area (Å²) in [4.78, 5) is 21.8. The lowest BCUT2D eigenvalue weighted by Crippen LogP contribution is -2.48. The van der Waals surface area contributed by atoms with E-state index in [2.05, 4.69) is 46.0 Å². The number of carbonyl (C=O) groups excluding carboxylic acids is 1. The summed E-state index contributed by atoms with van der Waals surface area (Å²) in [6.45, 7) is 10.5. The monoisotopic (exact) mass is 481 g/mol. The minimum Gasteiger partial charge on any atom is -0.338 e. The highest BCUT2D eigenvalue weighted by atomic mass is 35.5. The van der Waals surface area contributed by atoms with Crippen molar-refractivity contribution in [2.45, 2.75) is 40.2 Å². The Bertz CT molecular complexity index is 1120. The number of benzene rings is 2. The standard InChI is InChI=1S/C26H32ClN5O2/c1-4-19-10-11-22(27)21(5-2)25(19)28-23(33)16-31-12-14-32(15-13-31)17-24-29-26(30-34-24)20-8-6-18(3)7-9-20/h6-11H,4-5,12-17H2,1-3H3,(H,28,33). The number of carbonyl (C=O) groups is 1. The summed E-state index contributed by atoms with van der Waals surface area (Å²) >= 11 is 6.37. The predicted molar refractivity (Wildman–Crippen MR) is 135 cm³/mol. The SMILES string of the molecule is CCc1ccc(Cl)c(CC)c1NC(=O)CN1CCN(Cc2nc(-c3ccc(C)cc3)no2)CC1. The van der Waals surface area contributed by atoms with E-state index in [0.29, 0.717) is 29.8 Å². The van der Waals surface area contributed by atoms with E-state index in [1.807, 2.05) is 36.4 Å². The summed E-state index contributed by atoms with van der Waals surface area (Å²) in [5, 5.41) is 7.96. The molecule has 1 N–H and O–H groups in total. The zero-order valence-electron chi connectivity index (χ0n) is 20.1. The lowest BCUT2D eigenvalue weighted by Gasteiger charge is -2.33. The average Bonchev–Trinajstić information content (AvgIpc) is 3.29. The Morgan fingerprint density at radius 1 is 1.03 bits per heavy atom. The molecule has 1 aliphatic heterocycles. The van der Waals surface area contributed by atoms with Crippen molar-refractivity contribution in [3.05, 3.63) is 64.0 Å². The minimum atomic E-state index is -0.000224. The molecule has 8 heteroatoms. The highest BCUT2D eigenvalue weighted by Crippen LogP contribution is 2.29. The first-order valence-corrected chi connectivity index (χ1v) is 12.3. The quantitative estimate of drug-likeness (QED) is 0.507. The van der Waals surface area contributed by atoms with Crippen LogP contribution in [0.5, 0.6) is 0 Å². The van der Waals surface area contributed by atoms with Crippen molar-refractivity contribution < 1.29 is 9.32 Å². The van der Waals surface area contributed by atoms with E-state index in [1.54, 1.807) is 0 Å². The van der Waals surface area contributed by atoms with Crippen LogP contribution < -0.4 is 5.32 Å². The maximum absolute atomic E-state index is 12.8. The molecule has 2 aromatic carbocycles. The van der Waals surface area contributed by atoms with Gasteiger partial charge in [-0.1, -0.05) is 66.5 Å². The number of nitrogens with one attached hydrogen (secondary N) is 1. The Morgan fingerprint density at radius 3 is 2.41 bits per heavy atom. The molecule has 180 valence electrons. The fourth-order valence-corrected chi connectivity index (χ4v) is 4.58. The van der Waals surface area contributed by atoms with Crippen molar-refractivity contribution in [1.82, 2.24) is 19.9 Å². The first kappa shape index (κ1) is 24.4. The molecular weight excluding hydrogens is 450 g/mol. The van der Waals surface area contributed by atoms with Crippen molar-refractivity contribution in [3.8, 4) is 11.4 Å². The van der Waals surface area contributed by atoms with Crippen molar-refractivity contribution in [2.24, 2.45) is 0 Å². The number of piperazine rings is 1. The molecule has 7 nitrogen and oxygen atoms in total. The van der Waals surface area contributed by atoms with Gasteiger partial charge in [-0.2, -0.15) is 4.98 Å². The van der Waals surface area contributed by atoms with Gasteiger partial charge in [0.1, 0.15) is 0 Å². The Kier molecular flexibility index (Phi) is 7.98. The lowest BCUT2D eigenvalue weighted by atomic mass is 10.0. The second kappa shape index (κ2) is 11.1. The summed E-state index contributed by atoms with van der Waals surface area (Å²) in [5.41, 5.74) is 5.14. The van der Waals surface area contributed by atoms with E-state index < -0.39 is 0 Å². The largest absolute Gasteiger partial charge is 0.338 e. The molecule has 0 radical (unpaired) electrons. The zero-order valence-corrected chi connectivity index (χ0v) is 20.9. The average molecular weight is 482 g/mol. The van der Waals surface area contributed by atoms with Gasteiger partial charge in [-0.25, -0.2) is 0 Å². The van der Waals surface area contributed by atoms with Gasteiger partial charge in [0.25, 0.3) is 0 Å². The third-order valence-corrected chi connectivity index (χ3v) is 6.66. The maximum atomic E-state index is 12.8. The molecule has 2 heterocycles. The van der Waals surface area contributed by atoms with Gasteiger partial charge in [-0.15, -0.1) is 0 Å². The smallest absolute Gasteiger partial charge is 0.241 e. The van der Waals surface area contributed by atoms with Crippen molar-refractivity contribution in [2.75, 3.05) is 38.0 Å². The highest BCUT2D eigenvalue weighted by Gasteiger charge is 2.22. The van der Waals surface area contributed by atoms with E-state index in [4.69, 9.17) is 16.1 Å². The molecule has 0 aliphatic carbocycles. The van der Waals surface area contributed by atoms with Gasteiger partial charge in [0.15, 0.2) is 0 Å². The fourth-order valence-electron chi connectivity index (χ4n) is 4.28. The topological polar surface area (TPSA) is 74.5 Å². The Labute approximate surface area is 206 Å². The third kappa shape index (κ3) is 5.84. The second-order valence-corrected chi connectivity index (χ2v) is 9.15. The van der Waals surface area contributed by atoms with Gasteiger partial charge >= 0.3 is 0 Å². The first-order valence-electron chi connectivity index (χ1n) is 11.9. The molecule has 0 unspecified atom stereocenters. The molecule has 0 atom stereocenters. The van der Waals surface area contributed by atoms with Crippen LogP contribution in [-0.4, -0.2) is 58.6 Å². The van der Waals surface area contributed by atoms with Gasteiger partial charge < -0.3 is 9.84 Å². The lowest BCUT2D eigenvalue weighted by molar-refractivity contribution is -0.117. The van der Waals surface area contributed by atoms with Crippen LogP contribution in [0, 0.1) is 6.92 Å². The van der Waals surface area contributed by atoms with Crippen LogP contribution >= 0.6 is 11.6 Å². The normalized spacial score (nSPS) is 14.9. The summed E-state index contributed by atoms with van der Waals surface area (Å²) in [6.07, 6.45) is 1.63. The van der Waals surface area contributed by atoms with Crippen LogP contribution in [0.1, 0.15) is 36.4 Å². The number of anilines is 1. The molecular formula is C26H32ClN5O2. The number of amides is 1. The molecule has 1 amide bonds. The van der Waals surface area contributed by atoms with Crippen LogP contribution in [0.15, 0.2) is 40.9 Å². The van der Waals surface area contributed by atoms with E-state index >= 15 is 0 Å². The van der Waals surface area contributed by atoms with Gasteiger partial charge in [-0.3, -0.25) is 14.6 Å². The van der Waals surface area contributed by atoms with Gasteiger partial charge in [0, 0.05) is 42.5 Å². The summed E-state index contributed by atoms with van der Waals surface area (Å²) in [7, 11) is 0. The first-order chi connectivity index (χ1) is 16.5. The number of aryl methyl sites for hydroxylation is 2. The van der Waals surface area contributed by atoms with Gasteiger partial charge in [0.2, 0.25) is 17.6 Å². The molecule has 0 bridgehead atoms. The summed E-state index contributed by atoms with van der Waals surface area (Å²) in [6, 6.07) is 12.0. The Hall–Kier alpha value is -2.74. The van der Waals surface area contributed by atoms with E-state index in [9.17, 15) is 4.79 Å². The Morgan fingerprint density at radius 2 is 1.74 bits per heavy atom. The van der Waals surface area contributed by atoms with Crippen LogP contribution in [0.4, 0.5) is 5.69 Å². The number of rotatable bonds is 8. The van der Waals surface area contributed by atoms with E-state index in [-0.39, 0.29) is 5.91 Å². The fraction of sp³-hybridized carbons (Fsp3) is 0.423. The van der Waals surface area contributed by atoms with Gasteiger partial charge in [-0.05, 0) is 37.0 Å². The molecule has 1 aliphatic rings. The number of halogens is 1. The molecule has 3 aromatic rings. The number of aromatic nitrogens is 2. The zero-order chi connectivity index (χ0) is 24.1. The molecule has 1 fully saturated rings. The maximum Gasteiger partial charge on any atom is 0.241 e. The van der Waals surface area contributed by atoms with Crippen LogP contribution in [-0.2, 0) is 24.2 Å². The molecule has 1 saturated heterocycles. The van der Waals surface area contributed by atoms with Crippen LogP contribution in [0.3, 0.4) is 0 Å². The molecule has 1 aromatic heterocycles. The minimum absolute atomic E-state index is 0.000224. The van der Waals surface area contributed by atoms with Crippen molar-refractivity contribution >= 4 is 23.2 Å². The number of hydrogen-bond donors (Lipinski definition) is 1. The molecule has 34 heavy (non-hydrogen) atoms. The number of nitrogens with zero attached hydrogens (tertiary/aromatic N) is 4. The van der Waals surface area contributed by atoms with E-state index in [1.165, 1.54) is 5.56 Å². The Balaban J connectivity index is 1.28. The molecule has 4 rings (SSSR count). The summed E-state index contributed by atoms with van der Waals surface area (Å²) < 4.78 is 5.47.